The molecule has 2 aromatic carbocycles. The molecule has 0 atom stereocenters. The van der Waals surface area contributed by atoms with Crippen LogP contribution in [0.15, 0.2) is 46.9 Å². The zero-order chi connectivity index (χ0) is 19.6. The number of nitrogens with one attached hydrogen (secondary N) is 1. The van der Waals surface area contributed by atoms with Crippen LogP contribution in [0.25, 0.3) is 0 Å². The summed E-state index contributed by atoms with van der Waals surface area (Å²) < 4.78 is 0.736. The molecule has 2 aromatic rings. The van der Waals surface area contributed by atoms with Gasteiger partial charge in [-0.25, -0.2) is 0 Å². The fraction of sp³-hybridized carbons (Fsp3) is 0.200. The molecule has 0 saturated heterocycles. The van der Waals surface area contributed by atoms with Crippen molar-refractivity contribution in [3.63, 3.8) is 0 Å². The van der Waals surface area contributed by atoms with E-state index in [9.17, 15) is 19.2 Å². The number of fused-ring (bicyclic) bond motifs is 1. The summed E-state index contributed by atoms with van der Waals surface area (Å²) in [6.07, 6.45) is 0.537. The second-order valence-corrected chi connectivity index (χ2v) is 7.15. The van der Waals surface area contributed by atoms with Crippen molar-refractivity contribution in [1.29, 1.82) is 0 Å². The molecule has 0 aromatic heterocycles. The Kier molecular flexibility index (Phi) is 5.51. The van der Waals surface area contributed by atoms with E-state index in [-0.39, 0.29) is 36.5 Å². The van der Waals surface area contributed by atoms with E-state index in [4.69, 9.17) is 0 Å². The lowest BCUT2D eigenvalue weighted by Crippen LogP contribution is -2.31. The van der Waals surface area contributed by atoms with Gasteiger partial charge in [0.1, 0.15) is 0 Å². The molecule has 0 spiro atoms. The van der Waals surface area contributed by atoms with Gasteiger partial charge in [-0.2, -0.15) is 0 Å². The van der Waals surface area contributed by atoms with Gasteiger partial charge in [0.25, 0.3) is 11.8 Å². The Morgan fingerprint density at radius 3 is 2.33 bits per heavy atom. The third-order valence-electron chi connectivity index (χ3n) is 4.29. The minimum absolute atomic E-state index is 0.0409. The SMILES string of the molecule is CC(=O)c1ccc(NC(=O)CCCN2C(=O)c3ccc(Br)cc3C2=O)cc1. The van der Waals surface area contributed by atoms with E-state index in [0.717, 1.165) is 4.47 Å². The molecular formula is C20H17BrN2O4. The molecule has 1 heterocycles. The topological polar surface area (TPSA) is 83.6 Å². The molecule has 27 heavy (non-hydrogen) atoms. The third kappa shape index (κ3) is 4.14. The first-order chi connectivity index (χ1) is 12.9. The maximum atomic E-state index is 12.4. The standard InChI is InChI=1S/C20H17BrN2O4/c1-12(24)13-4-7-15(8-5-13)22-18(25)3-2-10-23-19(26)16-9-6-14(21)11-17(16)20(23)27/h4-9,11H,2-3,10H2,1H3,(H,22,25). The van der Waals surface area contributed by atoms with Crippen LogP contribution in [0.3, 0.4) is 0 Å². The Balaban J connectivity index is 1.52. The summed E-state index contributed by atoms with van der Waals surface area (Å²) in [6.45, 7) is 1.66. The first-order valence-electron chi connectivity index (χ1n) is 8.43. The minimum Gasteiger partial charge on any atom is -0.326 e. The molecule has 0 radical (unpaired) electrons. The molecule has 138 valence electrons. The van der Waals surface area contributed by atoms with Crippen molar-refractivity contribution in [2.45, 2.75) is 19.8 Å². The Hall–Kier alpha value is -2.80. The fourth-order valence-electron chi connectivity index (χ4n) is 2.88. The van der Waals surface area contributed by atoms with Crippen LogP contribution >= 0.6 is 15.9 Å². The average molecular weight is 429 g/mol. The van der Waals surface area contributed by atoms with Crippen molar-refractivity contribution in [1.82, 2.24) is 4.90 Å². The van der Waals surface area contributed by atoms with Gasteiger partial charge in [-0.1, -0.05) is 15.9 Å². The number of Topliss-reactive ketones (excluding diaryl/α,β-unsaturated/α-hetero) is 1. The maximum Gasteiger partial charge on any atom is 0.261 e. The van der Waals surface area contributed by atoms with Crippen LogP contribution in [-0.4, -0.2) is 34.9 Å². The van der Waals surface area contributed by atoms with Gasteiger partial charge in [-0.05, 0) is 55.8 Å². The van der Waals surface area contributed by atoms with Gasteiger partial charge >= 0.3 is 0 Å². The Bertz CT molecular complexity index is 937. The van der Waals surface area contributed by atoms with Crippen molar-refractivity contribution < 1.29 is 19.2 Å². The maximum absolute atomic E-state index is 12.4. The Labute approximate surface area is 164 Å². The van der Waals surface area contributed by atoms with Crippen molar-refractivity contribution in [3.8, 4) is 0 Å². The number of anilines is 1. The van der Waals surface area contributed by atoms with Crippen LogP contribution in [0.4, 0.5) is 5.69 Å². The first-order valence-corrected chi connectivity index (χ1v) is 9.22. The van der Waals surface area contributed by atoms with Gasteiger partial charge in [-0.3, -0.25) is 24.1 Å². The van der Waals surface area contributed by atoms with Crippen molar-refractivity contribution in [2.24, 2.45) is 0 Å². The van der Waals surface area contributed by atoms with Gasteiger partial charge < -0.3 is 5.32 Å². The Morgan fingerprint density at radius 1 is 1.00 bits per heavy atom. The fourth-order valence-corrected chi connectivity index (χ4v) is 3.24. The number of imide groups is 1. The third-order valence-corrected chi connectivity index (χ3v) is 4.79. The number of carbonyl (C=O) groups excluding carboxylic acids is 4. The number of hydrogen-bond acceptors (Lipinski definition) is 4. The van der Waals surface area contributed by atoms with Crippen molar-refractivity contribution in [2.75, 3.05) is 11.9 Å². The molecule has 0 fully saturated rings. The molecule has 1 aliphatic rings. The van der Waals surface area contributed by atoms with Crippen LogP contribution in [0, 0.1) is 0 Å². The number of benzene rings is 2. The van der Waals surface area contributed by atoms with E-state index in [1.165, 1.54) is 11.8 Å². The molecule has 3 amide bonds. The molecule has 6 nitrogen and oxygen atoms in total. The second-order valence-electron chi connectivity index (χ2n) is 6.24. The highest BCUT2D eigenvalue weighted by atomic mass is 79.9. The molecule has 0 saturated carbocycles. The summed E-state index contributed by atoms with van der Waals surface area (Å²) in [5, 5.41) is 2.74. The zero-order valence-corrected chi connectivity index (χ0v) is 16.2. The number of rotatable bonds is 6. The summed E-state index contributed by atoms with van der Waals surface area (Å²) in [6, 6.07) is 11.6. The average Bonchev–Trinajstić information content (AvgIpc) is 2.86. The highest BCUT2D eigenvalue weighted by Gasteiger charge is 2.35. The summed E-state index contributed by atoms with van der Waals surface area (Å²) in [5.41, 5.74) is 1.93. The second kappa shape index (κ2) is 7.84. The van der Waals surface area contributed by atoms with E-state index >= 15 is 0 Å². The molecule has 0 unspecified atom stereocenters. The highest BCUT2D eigenvalue weighted by molar-refractivity contribution is 9.10. The van der Waals surface area contributed by atoms with E-state index in [0.29, 0.717) is 28.8 Å². The molecule has 1 N–H and O–H groups in total. The molecule has 3 rings (SSSR count). The largest absolute Gasteiger partial charge is 0.326 e. The van der Waals surface area contributed by atoms with Crippen molar-refractivity contribution >= 4 is 45.1 Å². The van der Waals surface area contributed by atoms with Gasteiger partial charge in [0, 0.05) is 28.7 Å². The molecule has 0 aliphatic carbocycles. The minimum atomic E-state index is -0.337. The summed E-state index contributed by atoms with van der Waals surface area (Å²) in [7, 11) is 0. The van der Waals surface area contributed by atoms with Gasteiger partial charge in [0.05, 0.1) is 11.1 Å². The number of carbonyl (C=O) groups is 4. The number of hydrogen-bond donors (Lipinski definition) is 1. The number of ketones is 1. The van der Waals surface area contributed by atoms with Crippen LogP contribution in [0.5, 0.6) is 0 Å². The molecule has 0 bridgehead atoms. The predicted molar refractivity (Wildman–Crippen MR) is 104 cm³/mol. The smallest absolute Gasteiger partial charge is 0.261 e. The monoisotopic (exact) mass is 428 g/mol. The lowest BCUT2D eigenvalue weighted by molar-refractivity contribution is -0.116. The lowest BCUT2D eigenvalue weighted by Gasteiger charge is -2.13. The highest BCUT2D eigenvalue weighted by Crippen LogP contribution is 2.26. The molecule has 7 heteroatoms. The normalized spacial score (nSPS) is 12.9. The van der Waals surface area contributed by atoms with E-state index in [1.54, 1.807) is 42.5 Å². The van der Waals surface area contributed by atoms with Crippen LogP contribution in [0.1, 0.15) is 50.8 Å². The lowest BCUT2D eigenvalue weighted by atomic mass is 10.1. The van der Waals surface area contributed by atoms with E-state index in [1.807, 2.05) is 0 Å². The molecular weight excluding hydrogens is 412 g/mol. The van der Waals surface area contributed by atoms with E-state index < -0.39 is 0 Å². The predicted octanol–water partition coefficient (Wildman–Crippen LogP) is 3.67. The number of nitrogens with zero attached hydrogens (tertiary/aromatic N) is 1. The summed E-state index contributed by atoms with van der Waals surface area (Å²) in [5.74, 6) is -0.926. The zero-order valence-electron chi connectivity index (χ0n) is 14.6. The summed E-state index contributed by atoms with van der Waals surface area (Å²) >= 11 is 3.29. The number of amides is 3. The van der Waals surface area contributed by atoms with E-state index in [2.05, 4.69) is 21.2 Å². The van der Waals surface area contributed by atoms with Crippen LogP contribution < -0.4 is 5.32 Å². The summed E-state index contributed by atoms with van der Waals surface area (Å²) in [4.78, 5) is 49.2. The van der Waals surface area contributed by atoms with Gasteiger partial charge in [-0.15, -0.1) is 0 Å². The van der Waals surface area contributed by atoms with Gasteiger partial charge in [0.2, 0.25) is 5.91 Å². The number of halogens is 1. The quantitative estimate of drug-likeness (QED) is 0.561. The van der Waals surface area contributed by atoms with Gasteiger partial charge in [0.15, 0.2) is 5.78 Å². The van der Waals surface area contributed by atoms with Crippen molar-refractivity contribution in [3.05, 3.63) is 63.6 Å². The molecule has 1 aliphatic heterocycles. The van der Waals surface area contributed by atoms with Crippen LogP contribution in [-0.2, 0) is 4.79 Å². The van der Waals surface area contributed by atoms with Crippen LogP contribution in [0.2, 0.25) is 0 Å². The first kappa shape index (κ1) is 19.0. The Morgan fingerprint density at radius 2 is 1.67 bits per heavy atom.